The third-order valence-corrected chi connectivity index (χ3v) is 3.16. The van der Waals surface area contributed by atoms with E-state index in [4.69, 9.17) is 5.73 Å². The van der Waals surface area contributed by atoms with Gasteiger partial charge in [-0.2, -0.15) is 5.10 Å². The van der Waals surface area contributed by atoms with Crippen LogP contribution in [0.3, 0.4) is 0 Å². The Kier molecular flexibility index (Phi) is 3.83. The third kappa shape index (κ3) is 2.68. The van der Waals surface area contributed by atoms with Crippen molar-refractivity contribution < 1.29 is 0 Å². The number of nitrogens with zero attached hydrogens (tertiary/aromatic N) is 2. The molecular formula is C12H24N4. The van der Waals surface area contributed by atoms with Crippen molar-refractivity contribution in [3.05, 3.63) is 5.69 Å². The standard InChI is InChI=1S/C12H24N4/c1-6-12(4,5)8-14-11-10(13)9(3)15-16(11)7-2/h14H,6-8,13H2,1-5H3. The number of nitrogens with one attached hydrogen (secondary N) is 1. The second kappa shape index (κ2) is 4.76. The van der Waals surface area contributed by atoms with E-state index in [-0.39, 0.29) is 5.41 Å². The molecule has 0 aliphatic heterocycles. The van der Waals surface area contributed by atoms with Crippen LogP contribution in [0.25, 0.3) is 0 Å². The van der Waals surface area contributed by atoms with E-state index in [0.29, 0.717) is 0 Å². The molecule has 0 saturated carbocycles. The van der Waals surface area contributed by atoms with Gasteiger partial charge in [-0.3, -0.25) is 0 Å². The SMILES string of the molecule is CCn1nc(C)c(N)c1NCC(C)(C)CC. The van der Waals surface area contributed by atoms with Crippen LogP contribution in [-0.2, 0) is 6.54 Å². The number of nitrogen functional groups attached to an aromatic ring is 1. The van der Waals surface area contributed by atoms with Crippen LogP contribution in [0.15, 0.2) is 0 Å². The molecular weight excluding hydrogens is 200 g/mol. The summed E-state index contributed by atoms with van der Waals surface area (Å²) in [6.07, 6.45) is 1.14. The molecule has 4 heteroatoms. The van der Waals surface area contributed by atoms with Crippen LogP contribution >= 0.6 is 0 Å². The predicted octanol–water partition coefficient (Wildman–Crippen LogP) is 2.64. The lowest BCUT2D eigenvalue weighted by Gasteiger charge is -2.23. The molecule has 0 amide bonds. The first kappa shape index (κ1) is 12.9. The van der Waals surface area contributed by atoms with Gasteiger partial charge >= 0.3 is 0 Å². The molecule has 0 radical (unpaired) electrons. The van der Waals surface area contributed by atoms with Crippen LogP contribution < -0.4 is 11.1 Å². The van der Waals surface area contributed by atoms with E-state index in [1.165, 1.54) is 0 Å². The molecule has 0 atom stereocenters. The molecule has 4 nitrogen and oxygen atoms in total. The van der Waals surface area contributed by atoms with Gasteiger partial charge in [0.05, 0.1) is 11.4 Å². The van der Waals surface area contributed by atoms with Gasteiger partial charge in [0.25, 0.3) is 0 Å². The average molecular weight is 224 g/mol. The molecule has 0 spiro atoms. The van der Waals surface area contributed by atoms with Gasteiger partial charge in [-0.25, -0.2) is 4.68 Å². The first-order valence-electron chi connectivity index (χ1n) is 5.98. The predicted molar refractivity (Wildman–Crippen MR) is 69.6 cm³/mol. The lowest BCUT2D eigenvalue weighted by atomic mass is 9.90. The molecule has 1 aromatic rings. The maximum Gasteiger partial charge on any atom is 0.148 e. The average Bonchev–Trinajstić information content (AvgIpc) is 2.52. The smallest absolute Gasteiger partial charge is 0.148 e. The van der Waals surface area contributed by atoms with E-state index in [1.54, 1.807) is 0 Å². The number of aromatic nitrogens is 2. The van der Waals surface area contributed by atoms with Crippen LogP contribution in [0.5, 0.6) is 0 Å². The fraction of sp³-hybridized carbons (Fsp3) is 0.750. The minimum Gasteiger partial charge on any atom is -0.394 e. The zero-order valence-electron chi connectivity index (χ0n) is 11.1. The Morgan fingerprint density at radius 3 is 2.50 bits per heavy atom. The van der Waals surface area contributed by atoms with Crippen molar-refractivity contribution in [3.63, 3.8) is 0 Å². The van der Waals surface area contributed by atoms with Crippen molar-refractivity contribution in [2.45, 2.75) is 47.6 Å². The van der Waals surface area contributed by atoms with E-state index < -0.39 is 0 Å². The largest absolute Gasteiger partial charge is 0.394 e. The zero-order chi connectivity index (χ0) is 12.3. The summed E-state index contributed by atoms with van der Waals surface area (Å²) in [6, 6.07) is 0. The fourth-order valence-electron chi connectivity index (χ4n) is 1.46. The Labute approximate surface area is 98.2 Å². The van der Waals surface area contributed by atoms with E-state index in [2.05, 4.69) is 38.1 Å². The molecule has 1 aromatic heterocycles. The minimum atomic E-state index is 0.281. The highest BCUT2D eigenvalue weighted by molar-refractivity contribution is 5.64. The molecule has 1 heterocycles. The van der Waals surface area contributed by atoms with E-state index in [0.717, 1.165) is 36.7 Å². The summed E-state index contributed by atoms with van der Waals surface area (Å²) in [5.74, 6) is 0.960. The summed E-state index contributed by atoms with van der Waals surface area (Å²) in [4.78, 5) is 0. The first-order chi connectivity index (χ1) is 7.41. The molecule has 3 N–H and O–H groups in total. The molecule has 0 aliphatic rings. The first-order valence-corrected chi connectivity index (χ1v) is 5.98. The topological polar surface area (TPSA) is 55.9 Å². The molecule has 0 bridgehead atoms. The van der Waals surface area contributed by atoms with Crippen LogP contribution in [0.1, 0.15) is 39.8 Å². The molecule has 0 unspecified atom stereocenters. The maximum atomic E-state index is 6.00. The summed E-state index contributed by atoms with van der Waals surface area (Å²) < 4.78 is 1.93. The van der Waals surface area contributed by atoms with Crippen LogP contribution in [-0.4, -0.2) is 16.3 Å². The van der Waals surface area contributed by atoms with Crippen molar-refractivity contribution in [1.82, 2.24) is 9.78 Å². The second-order valence-corrected chi connectivity index (χ2v) is 5.03. The van der Waals surface area contributed by atoms with E-state index in [1.807, 2.05) is 11.6 Å². The van der Waals surface area contributed by atoms with Crippen molar-refractivity contribution >= 4 is 11.5 Å². The molecule has 0 aromatic carbocycles. The van der Waals surface area contributed by atoms with Crippen molar-refractivity contribution in [1.29, 1.82) is 0 Å². The molecule has 1 rings (SSSR count). The molecule has 16 heavy (non-hydrogen) atoms. The van der Waals surface area contributed by atoms with Gasteiger partial charge in [-0.1, -0.05) is 20.8 Å². The quantitative estimate of drug-likeness (QED) is 0.808. The molecule has 0 aliphatic carbocycles. The van der Waals surface area contributed by atoms with Crippen molar-refractivity contribution in [3.8, 4) is 0 Å². The minimum absolute atomic E-state index is 0.281. The Morgan fingerprint density at radius 2 is 2.00 bits per heavy atom. The fourth-order valence-corrected chi connectivity index (χ4v) is 1.46. The van der Waals surface area contributed by atoms with Crippen LogP contribution in [0.4, 0.5) is 11.5 Å². The highest BCUT2D eigenvalue weighted by Crippen LogP contribution is 2.25. The molecule has 0 fully saturated rings. The number of anilines is 2. The highest BCUT2D eigenvalue weighted by atomic mass is 15.3. The van der Waals surface area contributed by atoms with Gasteiger partial charge in [-0.05, 0) is 25.7 Å². The highest BCUT2D eigenvalue weighted by Gasteiger charge is 2.17. The second-order valence-electron chi connectivity index (χ2n) is 5.03. The molecule has 92 valence electrons. The van der Waals surface area contributed by atoms with Gasteiger partial charge in [0, 0.05) is 13.1 Å². The van der Waals surface area contributed by atoms with Crippen LogP contribution in [0.2, 0.25) is 0 Å². The van der Waals surface area contributed by atoms with Gasteiger partial charge in [0.15, 0.2) is 0 Å². The normalized spacial score (nSPS) is 11.8. The summed E-state index contributed by atoms with van der Waals surface area (Å²) >= 11 is 0. The summed E-state index contributed by atoms with van der Waals surface area (Å²) in [7, 11) is 0. The van der Waals surface area contributed by atoms with Gasteiger partial charge < -0.3 is 11.1 Å². The Bertz CT molecular complexity index is 352. The Morgan fingerprint density at radius 1 is 1.38 bits per heavy atom. The maximum absolute atomic E-state index is 6.00. The summed E-state index contributed by atoms with van der Waals surface area (Å²) in [6.45, 7) is 12.5. The number of hydrogen-bond acceptors (Lipinski definition) is 3. The third-order valence-electron chi connectivity index (χ3n) is 3.16. The zero-order valence-corrected chi connectivity index (χ0v) is 11.1. The number of nitrogens with two attached hydrogens (primary N) is 1. The Balaban J connectivity index is 2.81. The lowest BCUT2D eigenvalue weighted by Crippen LogP contribution is -2.23. The summed E-state index contributed by atoms with van der Waals surface area (Å²) in [5, 5.41) is 7.80. The number of aryl methyl sites for hydroxylation is 2. The lowest BCUT2D eigenvalue weighted by molar-refractivity contribution is 0.375. The monoisotopic (exact) mass is 224 g/mol. The van der Waals surface area contributed by atoms with Crippen molar-refractivity contribution in [2.75, 3.05) is 17.6 Å². The van der Waals surface area contributed by atoms with E-state index in [9.17, 15) is 0 Å². The Hall–Kier alpha value is -1.19. The van der Waals surface area contributed by atoms with Crippen molar-refractivity contribution in [2.24, 2.45) is 5.41 Å². The summed E-state index contributed by atoms with van der Waals surface area (Å²) in [5.41, 5.74) is 7.96. The van der Waals surface area contributed by atoms with Gasteiger partial charge in [0.1, 0.15) is 5.82 Å². The number of hydrogen-bond donors (Lipinski definition) is 2. The van der Waals surface area contributed by atoms with Gasteiger partial charge in [-0.15, -0.1) is 0 Å². The number of rotatable bonds is 5. The van der Waals surface area contributed by atoms with Gasteiger partial charge in [0.2, 0.25) is 0 Å². The van der Waals surface area contributed by atoms with E-state index >= 15 is 0 Å². The molecule has 0 saturated heterocycles. The van der Waals surface area contributed by atoms with Crippen LogP contribution in [0, 0.1) is 12.3 Å².